The molecule has 1 aromatic rings. The zero-order valence-corrected chi connectivity index (χ0v) is 9.80. The summed E-state index contributed by atoms with van der Waals surface area (Å²) < 4.78 is 0. The maximum Gasteiger partial charge on any atom is 0.223 e. The van der Waals surface area contributed by atoms with Crippen LogP contribution in [0.1, 0.15) is 31.2 Å². The van der Waals surface area contributed by atoms with Crippen molar-refractivity contribution >= 4 is 5.91 Å². The highest BCUT2D eigenvalue weighted by Gasteiger charge is 2.30. The van der Waals surface area contributed by atoms with Gasteiger partial charge in [0.15, 0.2) is 0 Å². The molecule has 0 saturated carbocycles. The number of likely N-dealkylation sites (tertiary alicyclic amines) is 1. The number of carbonyl (C=O) groups is 1. The summed E-state index contributed by atoms with van der Waals surface area (Å²) in [5.74, 6) is 0.219. The van der Waals surface area contributed by atoms with Crippen molar-refractivity contribution in [2.45, 2.75) is 38.3 Å². The number of rotatable bonds is 4. The average molecular weight is 228 g/mol. The number of carbonyl (C=O) groups excluding carboxylic acids is 1. The van der Waals surface area contributed by atoms with Gasteiger partial charge in [0.2, 0.25) is 5.91 Å². The Morgan fingerprint density at radius 3 is 2.82 bits per heavy atom. The Labute approximate surface area is 102 Å². The van der Waals surface area contributed by atoms with Crippen molar-refractivity contribution in [2.75, 3.05) is 0 Å². The Morgan fingerprint density at radius 1 is 1.35 bits per heavy atom. The van der Waals surface area contributed by atoms with Crippen molar-refractivity contribution in [2.24, 2.45) is 0 Å². The van der Waals surface area contributed by atoms with Crippen molar-refractivity contribution in [3.8, 4) is 6.07 Å². The lowest BCUT2D eigenvalue weighted by molar-refractivity contribution is -0.129. The van der Waals surface area contributed by atoms with Crippen LogP contribution in [0.15, 0.2) is 30.3 Å². The Bertz CT molecular complexity index is 422. The van der Waals surface area contributed by atoms with Gasteiger partial charge in [-0.3, -0.25) is 4.79 Å². The van der Waals surface area contributed by atoms with Crippen LogP contribution >= 0.6 is 0 Å². The predicted octanol–water partition coefficient (Wildman–Crippen LogP) is 2.48. The molecule has 0 bridgehead atoms. The quantitative estimate of drug-likeness (QED) is 0.794. The largest absolute Gasteiger partial charge is 0.335 e. The molecule has 0 spiro atoms. The third-order valence-corrected chi connectivity index (χ3v) is 3.24. The molecule has 1 amide bonds. The van der Waals surface area contributed by atoms with Crippen LogP contribution in [-0.2, 0) is 11.3 Å². The van der Waals surface area contributed by atoms with Gasteiger partial charge in [-0.15, -0.1) is 0 Å². The molecule has 1 saturated heterocycles. The zero-order valence-electron chi connectivity index (χ0n) is 9.80. The fourth-order valence-electron chi connectivity index (χ4n) is 2.32. The molecule has 1 fully saturated rings. The highest BCUT2D eigenvalue weighted by Crippen LogP contribution is 2.24. The number of benzene rings is 1. The average Bonchev–Trinajstić information content (AvgIpc) is 2.70. The number of amides is 1. The lowest BCUT2D eigenvalue weighted by Gasteiger charge is -2.24. The van der Waals surface area contributed by atoms with Crippen molar-refractivity contribution in [1.82, 2.24) is 4.90 Å². The van der Waals surface area contributed by atoms with Gasteiger partial charge >= 0.3 is 0 Å². The van der Waals surface area contributed by atoms with Crippen LogP contribution < -0.4 is 0 Å². The summed E-state index contributed by atoms with van der Waals surface area (Å²) in [5, 5.41) is 8.62. The van der Waals surface area contributed by atoms with Gasteiger partial charge in [-0.05, 0) is 18.4 Å². The van der Waals surface area contributed by atoms with E-state index < -0.39 is 0 Å². The number of nitrogens with zero attached hydrogens (tertiary/aromatic N) is 2. The Balaban J connectivity index is 2.02. The molecule has 88 valence electrons. The minimum atomic E-state index is 0.219. The molecule has 1 aliphatic rings. The molecule has 0 aliphatic carbocycles. The molecule has 0 unspecified atom stereocenters. The monoisotopic (exact) mass is 228 g/mol. The standard InChI is InChI=1S/C14H16N2O/c15-10-4-7-13-8-9-14(17)16(13)11-12-5-2-1-3-6-12/h1-3,5-6,13H,4,7-9,11H2/t13-/m0/s1. The van der Waals surface area contributed by atoms with Crippen molar-refractivity contribution in [3.63, 3.8) is 0 Å². The normalized spacial score (nSPS) is 19.4. The summed E-state index contributed by atoms with van der Waals surface area (Å²) >= 11 is 0. The molecule has 0 radical (unpaired) electrons. The second kappa shape index (κ2) is 5.49. The fourth-order valence-corrected chi connectivity index (χ4v) is 2.32. The van der Waals surface area contributed by atoms with E-state index in [-0.39, 0.29) is 11.9 Å². The molecular weight excluding hydrogens is 212 g/mol. The van der Waals surface area contributed by atoms with E-state index in [4.69, 9.17) is 5.26 Å². The second-order valence-electron chi connectivity index (χ2n) is 4.40. The van der Waals surface area contributed by atoms with E-state index in [0.29, 0.717) is 19.4 Å². The van der Waals surface area contributed by atoms with Gasteiger partial charge in [0.1, 0.15) is 0 Å². The van der Waals surface area contributed by atoms with Crippen LogP contribution in [0.5, 0.6) is 0 Å². The van der Waals surface area contributed by atoms with Crippen LogP contribution in [0.2, 0.25) is 0 Å². The van der Waals surface area contributed by atoms with E-state index in [1.807, 2.05) is 35.2 Å². The fraction of sp³-hybridized carbons (Fsp3) is 0.429. The summed E-state index contributed by atoms with van der Waals surface area (Å²) in [6.45, 7) is 0.676. The lowest BCUT2D eigenvalue weighted by atomic mass is 10.1. The first-order valence-corrected chi connectivity index (χ1v) is 6.01. The second-order valence-corrected chi connectivity index (χ2v) is 4.40. The van der Waals surface area contributed by atoms with E-state index in [1.165, 1.54) is 0 Å². The first kappa shape index (κ1) is 11.7. The molecule has 0 aromatic heterocycles. The van der Waals surface area contributed by atoms with Crippen LogP contribution in [0.25, 0.3) is 0 Å². The SMILES string of the molecule is N#CCC[C@H]1CCC(=O)N1Cc1ccccc1. The van der Waals surface area contributed by atoms with Gasteiger partial charge in [0.25, 0.3) is 0 Å². The van der Waals surface area contributed by atoms with Gasteiger partial charge < -0.3 is 4.90 Å². The molecule has 2 rings (SSSR count). The molecular formula is C14H16N2O. The Morgan fingerprint density at radius 2 is 2.12 bits per heavy atom. The van der Waals surface area contributed by atoms with E-state index in [0.717, 1.165) is 18.4 Å². The summed E-state index contributed by atoms with van der Waals surface area (Å²) in [4.78, 5) is 13.7. The first-order chi connectivity index (χ1) is 8.31. The van der Waals surface area contributed by atoms with E-state index in [9.17, 15) is 4.79 Å². The maximum absolute atomic E-state index is 11.8. The molecule has 17 heavy (non-hydrogen) atoms. The van der Waals surface area contributed by atoms with Gasteiger partial charge in [-0.2, -0.15) is 5.26 Å². The number of hydrogen-bond acceptors (Lipinski definition) is 2. The van der Waals surface area contributed by atoms with E-state index in [2.05, 4.69) is 6.07 Å². The maximum atomic E-state index is 11.8. The third kappa shape index (κ3) is 2.85. The molecule has 1 atom stereocenters. The number of hydrogen-bond donors (Lipinski definition) is 0. The topological polar surface area (TPSA) is 44.1 Å². The summed E-state index contributed by atoms with van der Waals surface area (Å²) in [6.07, 6.45) is 2.86. The molecule has 0 N–H and O–H groups in total. The van der Waals surface area contributed by atoms with Gasteiger partial charge in [0.05, 0.1) is 6.07 Å². The Kier molecular flexibility index (Phi) is 3.77. The smallest absolute Gasteiger partial charge is 0.223 e. The van der Waals surface area contributed by atoms with Crippen molar-refractivity contribution in [1.29, 1.82) is 5.26 Å². The first-order valence-electron chi connectivity index (χ1n) is 6.01. The molecule has 1 aliphatic heterocycles. The minimum Gasteiger partial charge on any atom is -0.335 e. The van der Waals surface area contributed by atoms with Crippen molar-refractivity contribution < 1.29 is 4.79 Å². The van der Waals surface area contributed by atoms with Crippen LogP contribution in [0.4, 0.5) is 0 Å². The van der Waals surface area contributed by atoms with E-state index in [1.54, 1.807) is 0 Å². The zero-order chi connectivity index (χ0) is 12.1. The van der Waals surface area contributed by atoms with E-state index >= 15 is 0 Å². The lowest BCUT2D eigenvalue weighted by Crippen LogP contribution is -2.32. The Hall–Kier alpha value is -1.82. The predicted molar refractivity (Wildman–Crippen MR) is 64.9 cm³/mol. The molecule has 1 aromatic carbocycles. The van der Waals surface area contributed by atoms with Crippen LogP contribution in [-0.4, -0.2) is 16.8 Å². The third-order valence-electron chi connectivity index (χ3n) is 3.24. The van der Waals surface area contributed by atoms with Gasteiger partial charge in [-0.1, -0.05) is 30.3 Å². The molecule has 1 heterocycles. The molecule has 3 heteroatoms. The highest BCUT2D eigenvalue weighted by molar-refractivity contribution is 5.78. The van der Waals surface area contributed by atoms with Crippen molar-refractivity contribution in [3.05, 3.63) is 35.9 Å². The summed E-state index contributed by atoms with van der Waals surface area (Å²) in [5.41, 5.74) is 1.16. The number of nitriles is 1. The molecule has 3 nitrogen and oxygen atoms in total. The van der Waals surface area contributed by atoms with Gasteiger partial charge in [0, 0.05) is 25.4 Å². The summed E-state index contributed by atoms with van der Waals surface area (Å²) in [6, 6.07) is 12.4. The highest BCUT2D eigenvalue weighted by atomic mass is 16.2. The summed E-state index contributed by atoms with van der Waals surface area (Å²) in [7, 11) is 0. The van der Waals surface area contributed by atoms with Crippen LogP contribution in [0.3, 0.4) is 0 Å². The van der Waals surface area contributed by atoms with Crippen LogP contribution in [0, 0.1) is 11.3 Å². The van der Waals surface area contributed by atoms with Gasteiger partial charge in [-0.25, -0.2) is 0 Å². The minimum absolute atomic E-state index is 0.219.